The predicted molar refractivity (Wildman–Crippen MR) is 85.6 cm³/mol. The molecular formula is C16H14ClN5O. The Bertz CT molecular complexity index is 906. The van der Waals surface area contributed by atoms with E-state index in [-0.39, 0.29) is 23.7 Å². The van der Waals surface area contributed by atoms with Gasteiger partial charge < -0.3 is 5.32 Å². The molecule has 2 atom stereocenters. The van der Waals surface area contributed by atoms with Crippen molar-refractivity contribution in [2.45, 2.75) is 25.3 Å². The van der Waals surface area contributed by atoms with Crippen molar-refractivity contribution in [2.24, 2.45) is 0 Å². The molecule has 1 aliphatic rings. The van der Waals surface area contributed by atoms with Crippen LogP contribution in [0.1, 0.15) is 34.2 Å². The summed E-state index contributed by atoms with van der Waals surface area (Å²) in [6.45, 7) is 1.89. The molecule has 0 spiro atoms. The van der Waals surface area contributed by atoms with Crippen molar-refractivity contribution < 1.29 is 4.79 Å². The van der Waals surface area contributed by atoms with E-state index in [0.29, 0.717) is 5.78 Å². The van der Waals surface area contributed by atoms with Crippen LogP contribution in [0.3, 0.4) is 0 Å². The van der Waals surface area contributed by atoms with E-state index in [2.05, 4.69) is 20.4 Å². The van der Waals surface area contributed by atoms with Gasteiger partial charge in [0.15, 0.2) is 0 Å². The van der Waals surface area contributed by atoms with Gasteiger partial charge in [-0.2, -0.15) is 4.98 Å². The fourth-order valence-corrected chi connectivity index (χ4v) is 2.99. The summed E-state index contributed by atoms with van der Waals surface area (Å²) in [5.74, 6) is 0.532. The molecule has 0 radical (unpaired) electrons. The number of rotatable bonds is 3. The van der Waals surface area contributed by atoms with Crippen molar-refractivity contribution in [1.29, 1.82) is 0 Å². The third-order valence-corrected chi connectivity index (χ3v) is 4.39. The van der Waals surface area contributed by atoms with Crippen molar-refractivity contribution in [3.63, 3.8) is 0 Å². The number of halogens is 1. The lowest BCUT2D eigenvalue weighted by molar-refractivity contribution is 0.0940. The molecule has 6 nitrogen and oxygen atoms in total. The lowest BCUT2D eigenvalue weighted by Gasteiger charge is -2.04. The Hall–Kier alpha value is -2.47. The fraction of sp³-hybridized carbons (Fsp3) is 0.250. The lowest BCUT2D eigenvalue weighted by atomic mass is 10.1. The largest absolute Gasteiger partial charge is 0.346 e. The van der Waals surface area contributed by atoms with E-state index in [9.17, 15) is 4.79 Å². The van der Waals surface area contributed by atoms with Crippen LogP contribution in [0, 0.1) is 6.92 Å². The summed E-state index contributed by atoms with van der Waals surface area (Å²) in [6, 6.07) is 9.61. The van der Waals surface area contributed by atoms with Gasteiger partial charge in [-0.15, -0.1) is 5.10 Å². The van der Waals surface area contributed by atoms with E-state index >= 15 is 0 Å². The Morgan fingerprint density at radius 3 is 2.96 bits per heavy atom. The molecule has 23 heavy (non-hydrogen) atoms. The molecular weight excluding hydrogens is 314 g/mol. The number of aryl methyl sites for hydroxylation is 1. The van der Waals surface area contributed by atoms with Gasteiger partial charge in [0, 0.05) is 28.9 Å². The van der Waals surface area contributed by atoms with Crippen LogP contribution in [0.15, 0.2) is 36.5 Å². The van der Waals surface area contributed by atoms with Gasteiger partial charge in [-0.3, -0.25) is 4.79 Å². The molecule has 2 heterocycles. The van der Waals surface area contributed by atoms with Gasteiger partial charge in [0.05, 0.1) is 0 Å². The van der Waals surface area contributed by atoms with Crippen LogP contribution in [-0.2, 0) is 0 Å². The molecule has 1 aliphatic carbocycles. The van der Waals surface area contributed by atoms with E-state index in [4.69, 9.17) is 11.6 Å². The van der Waals surface area contributed by atoms with Gasteiger partial charge >= 0.3 is 0 Å². The molecule has 1 aromatic carbocycles. The maximum atomic E-state index is 12.3. The van der Waals surface area contributed by atoms with Crippen LogP contribution in [0.2, 0.25) is 5.02 Å². The monoisotopic (exact) mass is 327 g/mol. The second-order valence-electron chi connectivity index (χ2n) is 5.68. The van der Waals surface area contributed by atoms with Gasteiger partial charge in [0.2, 0.25) is 5.82 Å². The number of hydrogen-bond donors (Lipinski definition) is 1. The van der Waals surface area contributed by atoms with E-state index in [0.717, 1.165) is 22.7 Å². The zero-order valence-electron chi connectivity index (χ0n) is 12.4. The third kappa shape index (κ3) is 2.55. The normalized spacial score (nSPS) is 19.7. The lowest BCUT2D eigenvalue weighted by Crippen LogP contribution is -2.27. The average molecular weight is 328 g/mol. The molecule has 1 fully saturated rings. The predicted octanol–water partition coefficient (Wildman–Crippen LogP) is 2.37. The Kier molecular flexibility index (Phi) is 3.27. The van der Waals surface area contributed by atoms with E-state index in [1.807, 2.05) is 37.3 Å². The Balaban J connectivity index is 1.50. The highest BCUT2D eigenvalue weighted by Gasteiger charge is 2.41. The number of carbonyl (C=O) groups excluding carboxylic acids is 1. The molecule has 0 aliphatic heterocycles. The molecule has 0 bridgehead atoms. The summed E-state index contributed by atoms with van der Waals surface area (Å²) < 4.78 is 1.56. The number of amides is 1. The van der Waals surface area contributed by atoms with Gasteiger partial charge in [-0.25, -0.2) is 9.50 Å². The molecule has 2 unspecified atom stereocenters. The highest BCUT2D eigenvalue weighted by Crippen LogP contribution is 2.43. The number of aromatic nitrogens is 4. The topological polar surface area (TPSA) is 72.2 Å². The summed E-state index contributed by atoms with van der Waals surface area (Å²) >= 11 is 6.20. The fourth-order valence-electron chi connectivity index (χ4n) is 2.71. The van der Waals surface area contributed by atoms with E-state index in [1.165, 1.54) is 0 Å². The van der Waals surface area contributed by atoms with Gasteiger partial charge in [-0.1, -0.05) is 29.8 Å². The Morgan fingerprint density at radius 2 is 2.17 bits per heavy atom. The Labute approximate surface area is 137 Å². The van der Waals surface area contributed by atoms with Crippen LogP contribution in [0.4, 0.5) is 0 Å². The SMILES string of the molecule is Cc1ccnc2nc(C(=O)NC3CC3c3ccccc3Cl)nn12. The number of nitrogens with one attached hydrogen (secondary N) is 1. The van der Waals surface area contributed by atoms with Crippen molar-refractivity contribution in [1.82, 2.24) is 24.9 Å². The molecule has 116 valence electrons. The van der Waals surface area contributed by atoms with Crippen molar-refractivity contribution in [3.8, 4) is 0 Å². The smallest absolute Gasteiger partial charge is 0.291 e. The number of carbonyl (C=O) groups is 1. The molecule has 1 N–H and O–H groups in total. The molecule has 0 saturated heterocycles. The summed E-state index contributed by atoms with van der Waals surface area (Å²) in [6.07, 6.45) is 2.52. The minimum absolute atomic E-state index is 0.0723. The first kappa shape index (κ1) is 14.1. The van der Waals surface area contributed by atoms with Crippen LogP contribution in [0.25, 0.3) is 5.78 Å². The number of nitrogens with zero attached hydrogens (tertiary/aromatic N) is 4. The second kappa shape index (κ2) is 5.31. The first-order valence-corrected chi connectivity index (χ1v) is 7.75. The van der Waals surface area contributed by atoms with Crippen molar-refractivity contribution in [2.75, 3.05) is 0 Å². The molecule has 7 heteroatoms. The summed E-state index contributed by atoms with van der Waals surface area (Å²) in [4.78, 5) is 20.6. The maximum absolute atomic E-state index is 12.3. The summed E-state index contributed by atoms with van der Waals surface area (Å²) in [5.41, 5.74) is 1.95. The first-order chi connectivity index (χ1) is 11.1. The van der Waals surface area contributed by atoms with Gasteiger partial charge in [0.1, 0.15) is 0 Å². The molecule has 3 aromatic rings. The van der Waals surface area contributed by atoms with E-state index < -0.39 is 0 Å². The number of fused-ring (bicyclic) bond motifs is 1. The molecule has 2 aromatic heterocycles. The van der Waals surface area contributed by atoms with Gasteiger partial charge in [0.25, 0.3) is 11.7 Å². The quantitative estimate of drug-likeness (QED) is 0.801. The minimum Gasteiger partial charge on any atom is -0.346 e. The third-order valence-electron chi connectivity index (χ3n) is 4.04. The summed E-state index contributed by atoms with van der Waals surface area (Å²) in [5, 5.41) is 7.91. The number of hydrogen-bond acceptors (Lipinski definition) is 4. The Morgan fingerprint density at radius 1 is 1.35 bits per heavy atom. The number of benzene rings is 1. The average Bonchev–Trinajstić information content (AvgIpc) is 3.13. The second-order valence-corrected chi connectivity index (χ2v) is 6.08. The molecule has 1 saturated carbocycles. The molecule has 1 amide bonds. The van der Waals surface area contributed by atoms with Crippen LogP contribution < -0.4 is 5.32 Å². The first-order valence-electron chi connectivity index (χ1n) is 7.37. The molecule has 4 rings (SSSR count). The van der Waals surface area contributed by atoms with Crippen LogP contribution >= 0.6 is 11.6 Å². The van der Waals surface area contributed by atoms with Gasteiger partial charge in [-0.05, 0) is 31.0 Å². The maximum Gasteiger partial charge on any atom is 0.291 e. The van der Waals surface area contributed by atoms with Crippen LogP contribution in [0.5, 0.6) is 0 Å². The summed E-state index contributed by atoms with van der Waals surface area (Å²) in [7, 11) is 0. The standard InChI is InChI=1S/C16H14ClN5O/c1-9-6-7-18-16-20-14(21-22(9)16)15(23)19-13-8-11(13)10-4-2-3-5-12(10)17/h2-7,11,13H,8H2,1H3,(H,19,23). The minimum atomic E-state index is -0.283. The zero-order chi connectivity index (χ0) is 16.0. The van der Waals surface area contributed by atoms with Crippen molar-refractivity contribution in [3.05, 3.63) is 58.6 Å². The van der Waals surface area contributed by atoms with E-state index in [1.54, 1.807) is 10.7 Å². The zero-order valence-corrected chi connectivity index (χ0v) is 13.2. The highest BCUT2D eigenvalue weighted by atomic mass is 35.5. The van der Waals surface area contributed by atoms with Crippen molar-refractivity contribution >= 4 is 23.3 Å². The van der Waals surface area contributed by atoms with Crippen LogP contribution in [-0.4, -0.2) is 31.5 Å². The highest BCUT2D eigenvalue weighted by molar-refractivity contribution is 6.31.